The number of hydrogen-bond acceptors (Lipinski definition) is 3. The summed E-state index contributed by atoms with van der Waals surface area (Å²) >= 11 is 0. The minimum atomic E-state index is -0.672. The van der Waals surface area contributed by atoms with Gasteiger partial charge in [0.25, 0.3) is 0 Å². The van der Waals surface area contributed by atoms with Crippen LogP contribution in [0.15, 0.2) is 23.3 Å². The molecule has 0 spiro atoms. The number of aliphatic imine (C=N–C) groups is 1. The van der Waals surface area contributed by atoms with Gasteiger partial charge in [-0.2, -0.15) is 0 Å². The number of nitrogens with zero attached hydrogens (tertiary/aromatic N) is 2. The average molecular weight is 273 g/mol. The van der Waals surface area contributed by atoms with Crippen molar-refractivity contribution in [3.05, 3.63) is 29.6 Å². The molecule has 0 fully saturated rings. The predicted octanol–water partition coefficient (Wildman–Crippen LogP) is 0.570. The zero-order chi connectivity index (χ0) is 14.8. The fourth-order valence-electron chi connectivity index (χ4n) is 1.61. The molecule has 0 aromatic carbocycles. The number of terminal acetylenes is 1. The molecule has 0 radical (unpaired) electrons. The Balaban J connectivity index is 2.45. The summed E-state index contributed by atoms with van der Waals surface area (Å²) in [6, 6.07) is 3.27. The van der Waals surface area contributed by atoms with Gasteiger partial charge in [-0.15, -0.1) is 6.42 Å². The van der Waals surface area contributed by atoms with Gasteiger partial charge in [0.15, 0.2) is 5.96 Å². The highest BCUT2D eigenvalue weighted by Gasteiger charge is 2.01. The van der Waals surface area contributed by atoms with Crippen molar-refractivity contribution in [3.8, 4) is 12.3 Å². The van der Waals surface area contributed by atoms with E-state index in [4.69, 9.17) is 12.2 Å². The number of rotatable bonds is 5. The summed E-state index contributed by atoms with van der Waals surface area (Å²) in [6.45, 7) is 2.85. The Bertz CT molecular complexity index is 519. The third kappa shape index (κ3) is 5.87. The molecule has 106 valence electrons. The molecule has 20 heavy (non-hydrogen) atoms. The number of amides is 2. The Hall–Kier alpha value is -2.55. The first-order valence-corrected chi connectivity index (χ1v) is 6.32. The molecular formula is C14H19N5O. The summed E-state index contributed by atoms with van der Waals surface area (Å²) in [5.74, 6) is 2.70. The molecule has 1 aromatic rings. The first-order chi connectivity index (χ1) is 9.63. The van der Waals surface area contributed by atoms with Crippen LogP contribution in [0.4, 0.5) is 4.79 Å². The number of primary amides is 1. The quantitative estimate of drug-likeness (QED) is 0.317. The standard InChI is InChI=1S/C14H19N5O/c1-3-8-17-14(19-13(15)20)18-10-5-7-12-11(2)6-4-9-16-12/h1,4,6,9H,5,7-8,10H2,2H3,(H4,15,17,18,19,20). The van der Waals surface area contributed by atoms with Crippen LogP contribution in [0.5, 0.6) is 0 Å². The summed E-state index contributed by atoms with van der Waals surface area (Å²) < 4.78 is 0. The summed E-state index contributed by atoms with van der Waals surface area (Å²) in [5.41, 5.74) is 7.27. The third-order valence-corrected chi connectivity index (χ3v) is 2.56. The van der Waals surface area contributed by atoms with E-state index in [1.54, 1.807) is 6.20 Å². The lowest BCUT2D eigenvalue weighted by Crippen LogP contribution is -2.43. The van der Waals surface area contributed by atoms with Crippen LogP contribution in [0.2, 0.25) is 0 Å². The fraction of sp³-hybridized carbons (Fsp3) is 0.357. The van der Waals surface area contributed by atoms with Crippen LogP contribution >= 0.6 is 0 Å². The van der Waals surface area contributed by atoms with Gasteiger partial charge in [-0.05, 0) is 31.4 Å². The van der Waals surface area contributed by atoms with Crippen LogP contribution in [0.25, 0.3) is 0 Å². The van der Waals surface area contributed by atoms with Crippen molar-refractivity contribution < 1.29 is 4.79 Å². The number of aryl methyl sites for hydroxylation is 2. The molecule has 6 nitrogen and oxygen atoms in total. The summed E-state index contributed by atoms with van der Waals surface area (Å²) in [4.78, 5) is 19.3. The number of carbonyl (C=O) groups is 1. The van der Waals surface area contributed by atoms with Crippen molar-refractivity contribution in [2.45, 2.75) is 19.8 Å². The maximum absolute atomic E-state index is 10.8. The maximum Gasteiger partial charge on any atom is 0.318 e. The molecule has 0 unspecified atom stereocenters. The lowest BCUT2D eigenvalue weighted by atomic mass is 10.1. The van der Waals surface area contributed by atoms with Crippen molar-refractivity contribution in [3.63, 3.8) is 0 Å². The van der Waals surface area contributed by atoms with Gasteiger partial charge in [-0.1, -0.05) is 12.0 Å². The Labute approximate surface area is 118 Å². The Morgan fingerprint density at radius 3 is 3.05 bits per heavy atom. The molecule has 0 aliphatic rings. The molecule has 0 aliphatic carbocycles. The van der Waals surface area contributed by atoms with Gasteiger partial charge in [0.2, 0.25) is 0 Å². The third-order valence-electron chi connectivity index (χ3n) is 2.56. The molecule has 0 bridgehead atoms. The van der Waals surface area contributed by atoms with Gasteiger partial charge in [0.05, 0.1) is 6.54 Å². The lowest BCUT2D eigenvalue weighted by Gasteiger charge is -2.07. The van der Waals surface area contributed by atoms with E-state index in [1.165, 1.54) is 0 Å². The lowest BCUT2D eigenvalue weighted by molar-refractivity contribution is 0.253. The van der Waals surface area contributed by atoms with Gasteiger partial charge in [0.1, 0.15) is 0 Å². The van der Waals surface area contributed by atoms with Crippen molar-refractivity contribution in [1.29, 1.82) is 0 Å². The minimum absolute atomic E-state index is 0.276. The topological polar surface area (TPSA) is 92.4 Å². The van der Waals surface area contributed by atoms with Crippen molar-refractivity contribution >= 4 is 12.0 Å². The maximum atomic E-state index is 10.8. The zero-order valence-electron chi connectivity index (χ0n) is 11.5. The first-order valence-electron chi connectivity index (χ1n) is 6.32. The highest BCUT2D eigenvalue weighted by atomic mass is 16.2. The highest BCUT2D eigenvalue weighted by Crippen LogP contribution is 2.05. The van der Waals surface area contributed by atoms with Gasteiger partial charge in [0, 0.05) is 18.4 Å². The van der Waals surface area contributed by atoms with E-state index in [9.17, 15) is 4.79 Å². The van der Waals surface area contributed by atoms with E-state index in [2.05, 4.69) is 26.5 Å². The molecular weight excluding hydrogens is 254 g/mol. The monoisotopic (exact) mass is 273 g/mol. The SMILES string of the molecule is C#CCNC(=NCCCc1ncccc1C)NC(N)=O. The van der Waals surface area contributed by atoms with Gasteiger partial charge < -0.3 is 11.1 Å². The minimum Gasteiger partial charge on any atom is -0.351 e. The van der Waals surface area contributed by atoms with Crippen LogP contribution in [0, 0.1) is 19.3 Å². The highest BCUT2D eigenvalue weighted by molar-refractivity contribution is 5.95. The number of hydrogen-bond donors (Lipinski definition) is 3. The van der Waals surface area contributed by atoms with Gasteiger partial charge in [-0.25, -0.2) is 4.79 Å². The summed E-state index contributed by atoms with van der Waals surface area (Å²) in [5, 5.41) is 5.19. The van der Waals surface area contributed by atoms with Gasteiger partial charge in [-0.3, -0.25) is 15.3 Å². The van der Waals surface area contributed by atoms with E-state index in [-0.39, 0.29) is 6.54 Å². The summed E-state index contributed by atoms with van der Waals surface area (Å²) in [6.07, 6.45) is 8.56. The van der Waals surface area contributed by atoms with E-state index in [1.807, 2.05) is 19.1 Å². The number of aromatic nitrogens is 1. The summed E-state index contributed by atoms with van der Waals surface area (Å²) in [7, 11) is 0. The molecule has 4 N–H and O–H groups in total. The van der Waals surface area contributed by atoms with Gasteiger partial charge >= 0.3 is 6.03 Å². The van der Waals surface area contributed by atoms with Crippen LogP contribution in [0.3, 0.4) is 0 Å². The van der Waals surface area contributed by atoms with Crippen molar-refractivity contribution in [1.82, 2.24) is 15.6 Å². The Kier molecular flexibility index (Phi) is 6.62. The van der Waals surface area contributed by atoms with Crippen LogP contribution in [-0.2, 0) is 6.42 Å². The number of urea groups is 1. The molecule has 0 saturated carbocycles. The predicted molar refractivity (Wildman–Crippen MR) is 79.2 cm³/mol. The molecule has 2 amide bonds. The fourth-order valence-corrected chi connectivity index (χ4v) is 1.61. The number of nitrogens with two attached hydrogens (primary N) is 1. The zero-order valence-corrected chi connectivity index (χ0v) is 11.5. The van der Waals surface area contributed by atoms with Crippen LogP contribution in [0.1, 0.15) is 17.7 Å². The number of guanidine groups is 1. The molecule has 0 aliphatic heterocycles. The van der Waals surface area contributed by atoms with Crippen molar-refractivity contribution in [2.24, 2.45) is 10.7 Å². The smallest absolute Gasteiger partial charge is 0.318 e. The molecule has 0 atom stereocenters. The second-order valence-electron chi connectivity index (χ2n) is 4.15. The first kappa shape index (κ1) is 15.5. The molecule has 1 rings (SSSR count). The van der Waals surface area contributed by atoms with E-state index >= 15 is 0 Å². The molecule has 0 saturated heterocycles. The average Bonchev–Trinajstić information content (AvgIpc) is 2.41. The second kappa shape index (κ2) is 8.53. The van der Waals surface area contributed by atoms with E-state index in [0.29, 0.717) is 12.5 Å². The number of nitrogens with one attached hydrogen (secondary N) is 2. The second-order valence-corrected chi connectivity index (χ2v) is 4.15. The van der Waals surface area contributed by atoms with Crippen LogP contribution < -0.4 is 16.4 Å². The normalized spacial score (nSPS) is 10.7. The Morgan fingerprint density at radius 1 is 1.60 bits per heavy atom. The van der Waals surface area contributed by atoms with E-state index < -0.39 is 6.03 Å². The largest absolute Gasteiger partial charge is 0.351 e. The molecule has 6 heteroatoms. The number of pyridine rings is 1. The Morgan fingerprint density at radius 2 is 2.40 bits per heavy atom. The molecule has 1 aromatic heterocycles. The van der Waals surface area contributed by atoms with Crippen LogP contribution in [-0.4, -0.2) is 30.1 Å². The molecule has 1 heterocycles. The van der Waals surface area contributed by atoms with E-state index in [0.717, 1.165) is 24.1 Å². The van der Waals surface area contributed by atoms with Crippen molar-refractivity contribution in [2.75, 3.05) is 13.1 Å². The number of carbonyl (C=O) groups excluding carboxylic acids is 1.